The van der Waals surface area contributed by atoms with Crippen LogP contribution < -0.4 is 5.32 Å². The van der Waals surface area contributed by atoms with E-state index in [1.165, 1.54) is 16.7 Å². The summed E-state index contributed by atoms with van der Waals surface area (Å²) in [6.07, 6.45) is 4.43. The molecule has 158 valence electrons. The molecule has 1 amide bonds. The largest absolute Gasteiger partial charge is 0.355 e. The summed E-state index contributed by atoms with van der Waals surface area (Å²) in [5.74, 6) is -0.316. The molecule has 30 heavy (non-hydrogen) atoms. The molecule has 1 N–H and O–H groups in total. The lowest BCUT2D eigenvalue weighted by Crippen LogP contribution is -2.48. The lowest BCUT2D eigenvalue weighted by atomic mass is 10.1. The first-order valence-electron chi connectivity index (χ1n) is 9.31. The summed E-state index contributed by atoms with van der Waals surface area (Å²) in [6, 6.07) is 6.42. The van der Waals surface area contributed by atoms with E-state index in [4.69, 9.17) is 16.1 Å². The number of nitrogens with zero attached hydrogens (tertiary/aromatic N) is 3. The second-order valence-electron chi connectivity index (χ2n) is 6.96. The zero-order valence-corrected chi connectivity index (χ0v) is 18.9. The van der Waals surface area contributed by atoms with Crippen molar-refractivity contribution in [2.24, 2.45) is 0 Å². The molecule has 0 saturated carbocycles. The molecule has 0 unspecified atom stereocenters. The van der Waals surface area contributed by atoms with E-state index in [1.807, 2.05) is 24.3 Å². The molecule has 4 rings (SSSR count). The average molecular weight is 514 g/mol. The smallest absolute Gasteiger partial charge is 0.262 e. The van der Waals surface area contributed by atoms with Crippen molar-refractivity contribution in [3.8, 4) is 0 Å². The van der Waals surface area contributed by atoms with E-state index in [-0.39, 0.29) is 33.5 Å². The third kappa shape index (κ3) is 4.09. The van der Waals surface area contributed by atoms with Crippen LogP contribution in [-0.4, -0.2) is 41.4 Å². The van der Waals surface area contributed by atoms with Crippen molar-refractivity contribution in [1.29, 1.82) is 0 Å². The van der Waals surface area contributed by atoms with E-state index < -0.39 is 16.1 Å². The van der Waals surface area contributed by atoms with Gasteiger partial charge in [0.2, 0.25) is 5.91 Å². The minimum atomic E-state index is -4.18. The Bertz CT molecular complexity index is 1180. The first-order valence-corrected chi connectivity index (χ1v) is 11.9. The molecule has 0 bridgehead atoms. The van der Waals surface area contributed by atoms with E-state index >= 15 is 0 Å². The molecule has 0 spiro atoms. The average Bonchev–Trinajstić information content (AvgIpc) is 3.12. The highest BCUT2D eigenvalue weighted by Crippen LogP contribution is 2.31. The molecule has 0 aliphatic carbocycles. The molecule has 1 aromatic carbocycles. The minimum absolute atomic E-state index is 0.0186. The van der Waals surface area contributed by atoms with Crippen LogP contribution in [0.4, 0.5) is 0 Å². The predicted molar refractivity (Wildman–Crippen MR) is 114 cm³/mol. The van der Waals surface area contributed by atoms with E-state index in [9.17, 15) is 13.2 Å². The van der Waals surface area contributed by atoms with E-state index in [2.05, 4.69) is 31.4 Å². The van der Waals surface area contributed by atoms with Gasteiger partial charge < -0.3 is 9.84 Å². The van der Waals surface area contributed by atoms with Gasteiger partial charge in [-0.1, -0.05) is 44.8 Å². The summed E-state index contributed by atoms with van der Waals surface area (Å²) in [4.78, 5) is 16.8. The van der Waals surface area contributed by atoms with E-state index in [1.54, 1.807) is 0 Å². The molecule has 1 atom stereocenters. The Hall–Kier alpha value is -2.01. The van der Waals surface area contributed by atoms with Gasteiger partial charge in [0.25, 0.3) is 10.0 Å². The Balaban J connectivity index is 1.82. The van der Waals surface area contributed by atoms with Crippen molar-refractivity contribution in [2.45, 2.75) is 36.9 Å². The van der Waals surface area contributed by atoms with Gasteiger partial charge in [0.15, 0.2) is 10.6 Å². The van der Waals surface area contributed by atoms with Crippen LogP contribution in [0.5, 0.6) is 0 Å². The molecule has 3 heterocycles. The number of benzene rings is 1. The minimum Gasteiger partial charge on any atom is -0.355 e. The molecule has 11 heteroatoms. The van der Waals surface area contributed by atoms with Gasteiger partial charge in [0.1, 0.15) is 11.1 Å². The van der Waals surface area contributed by atoms with Crippen LogP contribution in [0.3, 0.4) is 0 Å². The van der Waals surface area contributed by atoms with Gasteiger partial charge in [0, 0.05) is 17.6 Å². The number of hydrogen-bond acceptors (Lipinski definition) is 6. The van der Waals surface area contributed by atoms with Crippen molar-refractivity contribution >= 4 is 54.4 Å². The number of carbonyl (C=O) groups is 1. The summed E-state index contributed by atoms with van der Waals surface area (Å²) in [5.41, 5.74) is 0.883. The maximum Gasteiger partial charge on any atom is 0.262 e. The number of amides is 1. The van der Waals surface area contributed by atoms with Crippen LogP contribution in [0.2, 0.25) is 5.02 Å². The van der Waals surface area contributed by atoms with Gasteiger partial charge in [-0.2, -0.15) is 4.31 Å². The number of halogens is 2. The molecular weight excluding hydrogens is 496 g/mol. The number of carbonyl (C=O) groups excluding carboxylic acids is 1. The second-order valence-corrected chi connectivity index (χ2v) is 10.1. The van der Waals surface area contributed by atoms with Gasteiger partial charge in [-0.25, -0.2) is 13.4 Å². The number of nitrogens with one attached hydrogen (secondary N) is 1. The number of pyridine rings is 1. The molecule has 1 saturated heterocycles. The predicted octanol–water partition coefficient (Wildman–Crippen LogP) is 3.50. The van der Waals surface area contributed by atoms with Crippen LogP contribution in [0.1, 0.15) is 24.8 Å². The highest BCUT2D eigenvalue weighted by molar-refractivity contribution is 9.10. The Labute approximate surface area is 186 Å². The lowest BCUT2D eigenvalue weighted by Gasteiger charge is -2.29. The first-order chi connectivity index (χ1) is 14.4. The molecule has 8 nitrogen and oxygen atoms in total. The van der Waals surface area contributed by atoms with Crippen LogP contribution in [0.25, 0.3) is 11.0 Å². The summed E-state index contributed by atoms with van der Waals surface area (Å²) in [7, 11) is -4.18. The highest BCUT2D eigenvalue weighted by atomic mass is 79.9. The van der Waals surface area contributed by atoms with Gasteiger partial charge in [-0.05, 0) is 37.0 Å². The van der Waals surface area contributed by atoms with Crippen LogP contribution in [0, 0.1) is 0 Å². The SMILES string of the molecule is O=C1NCCCC[C@H]1N(Cc1ccc(Br)cc1)S(=O)(=O)c1ncc(Cl)c2oncc12. The zero-order valence-electron chi connectivity index (χ0n) is 15.7. The fraction of sp³-hybridized carbons (Fsp3) is 0.316. The van der Waals surface area contributed by atoms with Crippen LogP contribution in [-0.2, 0) is 21.4 Å². The van der Waals surface area contributed by atoms with Gasteiger partial charge in [0.05, 0.1) is 17.8 Å². The van der Waals surface area contributed by atoms with E-state index in [0.29, 0.717) is 13.0 Å². The Kier molecular flexibility index (Phi) is 6.10. The summed E-state index contributed by atoms with van der Waals surface area (Å²) >= 11 is 9.44. The zero-order chi connectivity index (χ0) is 21.3. The van der Waals surface area contributed by atoms with Crippen molar-refractivity contribution in [3.63, 3.8) is 0 Å². The van der Waals surface area contributed by atoms with E-state index in [0.717, 1.165) is 22.9 Å². The first kappa shape index (κ1) is 21.2. The summed E-state index contributed by atoms with van der Waals surface area (Å²) in [5, 5.41) is 6.57. The third-order valence-electron chi connectivity index (χ3n) is 4.97. The number of rotatable bonds is 5. The molecule has 2 aromatic heterocycles. The number of hydrogen-bond donors (Lipinski definition) is 1. The fourth-order valence-electron chi connectivity index (χ4n) is 3.45. The fourth-order valence-corrected chi connectivity index (χ4v) is 5.59. The third-order valence-corrected chi connectivity index (χ3v) is 7.58. The maximum absolute atomic E-state index is 13.7. The Morgan fingerprint density at radius 2 is 2.00 bits per heavy atom. The van der Waals surface area contributed by atoms with Crippen LogP contribution in [0.15, 0.2) is 50.7 Å². The summed E-state index contributed by atoms with van der Waals surface area (Å²) < 4.78 is 34.7. The normalized spacial score (nSPS) is 17.8. The van der Waals surface area contributed by atoms with Crippen molar-refractivity contribution in [2.75, 3.05) is 6.54 Å². The summed E-state index contributed by atoms with van der Waals surface area (Å²) in [6.45, 7) is 0.543. The van der Waals surface area contributed by atoms with Gasteiger partial charge >= 0.3 is 0 Å². The van der Waals surface area contributed by atoms with Gasteiger partial charge in [-0.3, -0.25) is 4.79 Å². The quantitative estimate of drug-likeness (QED) is 0.560. The maximum atomic E-state index is 13.7. The molecule has 3 aromatic rings. The number of sulfonamides is 1. The van der Waals surface area contributed by atoms with Crippen LogP contribution >= 0.6 is 27.5 Å². The highest BCUT2D eigenvalue weighted by Gasteiger charge is 2.38. The van der Waals surface area contributed by atoms with Crippen molar-refractivity contribution in [3.05, 3.63) is 51.7 Å². The Morgan fingerprint density at radius 1 is 1.23 bits per heavy atom. The second kappa shape index (κ2) is 8.62. The molecule has 1 aliphatic rings. The van der Waals surface area contributed by atoms with Crippen molar-refractivity contribution in [1.82, 2.24) is 19.8 Å². The molecule has 0 radical (unpaired) electrons. The number of aromatic nitrogens is 2. The Morgan fingerprint density at radius 3 is 2.77 bits per heavy atom. The standard InChI is InChI=1S/C19H18BrClN4O4S/c20-13-6-4-12(5-7-13)11-25(16-3-1-2-8-22-18(16)26)30(27,28)19-14-9-24-29-17(14)15(21)10-23-19/h4-7,9-10,16H,1-3,8,11H2,(H,22,26)/t16-/m1/s1. The lowest BCUT2D eigenvalue weighted by molar-refractivity contribution is -0.124. The van der Waals surface area contributed by atoms with Gasteiger partial charge in [-0.15, -0.1) is 0 Å². The topological polar surface area (TPSA) is 105 Å². The molecule has 1 aliphatic heterocycles. The molecule has 1 fully saturated rings. The monoisotopic (exact) mass is 512 g/mol. The molecular formula is C19H18BrClN4O4S. The van der Waals surface area contributed by atoms with Crippen molar-refractivity contribution < 1.29 is 17.7 Å². The number of fused-ring (bicyclic) bond motifs is 1.